The van der Waals surface area contributed by atoms with E-state index in [1.165, 1.54) is 16.7 Å². The Morgan fingerprint density at radius 1 is 1.25 bits per heavy atom. The highest BCUT2D eigenvalue weighted by Crippen LogP contribution is 2.10. The van der Waals surface area contributed by atoms with Gasteiger partial charge in [-0.1, -0.05) is 18.2 Å². The third kappa shape index (κ3) is 2.10. The van der Waals surface area contributed by atoms with E-state index in [9.17, 15) is 0 Å². The van der Waals surface area contributed by atoms with E-state index in [0.717, 1.165) is 6.42 Å². The Balaban J connectivity index is 2.77. The Morgan fingerprint density at radius 3 is 2.58 bits per heavy atom. The van der Waals surface area contributed by atoms with E-state index in [4.69, 9.17) is 5.26 Å². The summed E-state index contributed by atoms with van der Waals surface area (Å²) in [6.07, 6.45) is 1.49. The topological polar surface area (TPSA) is 23.8 Å². The van der Waals surface area contributed by atoms with Crippen molar-refractivity contribution >= 4 is 0 Å². The number of nitriles is 1. The molecule has 0 saturated heterocycles. The van der Waals surface area contributed by atoms with Crippen LogP contribution in [0.15, 0.2) is 18.2 Å². The molecule has 0 atom stereocenters. The molecule has 1 aromatic rings. The van der Waals surface area contributed by atoms with Gasteiger partial charge in [-0.25, -0.2) is 0 Å². The molecular weight excluding hydrogens is 146 g/mol. The fourth-order valence-electron chi connectivity index (χ4n) is 1.16. The SMILES string of the molecule is Cc1ccc(CCC#N)cc1C. The molecule has 0 heterocycles. The van der Waals surface area contributed by atoms with Gasteiger partial charge < -0.3 is 0 Å². The van der Waals surface area contributed by atoms with Gasteiger partial charge in [0.2, 0.25) is 0 Å². The van der Waals surface area contributed by atoms with Gasteiger partial charge in [-0.3, -0.25) is 0 Å². The molecule has 0 aliphatic carbocycles. The Bertz CT molecular complexity index is 307. The van der Waals surface area contributed by atoms with Gasteiger partial charge in [0.05, 0.1) is 6.07 Å². The Morgan fingerprint density at radius 2 is 2.00 bits per heavy atom. The van der Waals surface area contributed by atoms with Crippen molar-refractivity contribution in [2.45, 2.75) is 26.7 Å². The van der Waals surface area contributed by atoms with Crippen molar-refractivity contribution in [3.8, 4) is 6.07 Å². The van der Waals surface area contributed by atoms with Crippen LogP contribution in [-0.2, 0) is 6.42 Å². The van der Waals surface area contributed by atoms with Crippen LogP contribution in [0.3, 0.4) is 0 Å². The van der Waals surface area contributed by atoms with E-state index in [-0.39, 0.29) is 0 Å². The molecule has 0 radical (unpaired) electrons. The van der Waals surface area contributed by atoms with Gasteiger partial charge in [-0.15, -0.1) is 0 Å². The molecule has 1 nitrogen and oxygen atoms in total. The summed E-state index contributed by atoms with van der Waals surface area (Å²) in [7, 11) is 0. The lowest BCUT2D eigenvalue weighted by atomic mass is 10.0. The Kier molecular flexibility index (Phi) is 2.88. The summed E-state index contributed by atoms with van der Waals surface area (Å²) >= 11 is 0. The van der Waals surface area contributed by atoms with Crippen LogP contribution in [0, 0.1) is 25.2 Å². The monoisotopic (exact) mass is 159 g/mol. The maximum atomic E-state index is 8.40. The second kappa shape index (κ2) is 3.92. The van der Waals surface area contributed by atoms with Crippen LogP contribution in [0.2, 0.25) is 0 Å². The number of hydrogen-bond acceptors (Lipinski definition) is 1. The number of aryl methyl sites for hydroxylation is 3. The average Bonchev–Trinajstić information content (AvgIpc) is 2.07. The minimum absolute atomic E-state index is 0.614. The number of nitrogens with zero attached hydrogens (tertiary/aromatic N) is 1. The van der Waals surface area contributed by atoms with Crippen molar-refractivity contribution in [1.29, 1.82) is 5.26 Å². The number of rotatable bonds is 2. The fraction of sp³-hybridized carbons (Fsp3) is 0.364. The molecule has 0 unspecified atom stereocenters. The van der Waals surface area contributed by atoms with Gasteiger partial charge in [0.25, 0.3) is 0 Å². The molecule has 0 fully saturated rings. The van der Waals surface area contributed by atoms with Crippen LogP contribution in [0.1, 0.15) is 23.1 Å². The van der Waals surface area contributed by atoms with Crippen molar-refractivity contribution in [1.82, 2.24) is 0 Å². The van der Waals surface area contributed by atoms with Gasteiger partial charge in [-0.05, 0) is 37.0 Å². The van der Waals surface area contributed by atoms with Crippen molar-refractivity contribution < 1.29 is 0 Å². The van der Waals surface area contributed by atoms with Gasteiger partial charge in [0.1, 0.15) is 0 Å². The van der Waals surface area contributed by atoms with Crippen LogP contribution in [0.5, 0.6) is 0 Å². The second-order valence-corrected chi connectivity index (χ2v) is 3.08. The zero-order chi connectivity index (χ0) is 8.97. The first-order chi connectivity index (χ1) is 5.74. The molecule has 0 aliphatic rings. The van der Waals surface area contributed by atoms with E-state index in [1.807, 2.05) is 0 Å². The lowest BCUT2D eigenvalue weighted by molar-refractivity contribution is 1.01. The van der Waals surface area contributed by atoms with E-state index < -0.39 is 0 Å². The van der Waals surface area contributed by atoms with Gasteiger partial charge in [0, 0.05) is 6.42 Å². The summed E-state index contributed by atoms with van der Waals surface area (Å²) < 4.78 is 0. The maximum absolute atomic E-state index is 8.40. The third-order valence-electron chi connectivity index (χ3n) is 2.10. The van der Waals surface area contributed by atoms with Crippen LogP contribution in [0.4, 0.5) is 0 Å². The first-order valence-electron chi connectivity index (χ1n) is 4.17. The van der Waals surface area contributed by atoms with Gasteiger partial charge >= 0.3 is 0 Å². The van der Waals surface area contributed by atoms with E-state index in [1.54, 1.807) is 0 Å². The first-order valence-corrected chi connectivity index (χ1v) is 4.17. The zero-order valence-electron chi connectivity index (χ0n) is 7.59. The highest BCUT2D eigenvalue weighted by atomic mass is 14.2. The predicted molar refractivity (Wildman–Crippen MR) is 49.9 cm³/mol. The molecule has 1 heteroatoms. The average molecular weight is 159 g/mol. The van der Waals surface area contributed by atoms with Crippen LogP contribution in [0.25, 0.3) is 0 Å². The molecule has 0 aromatic heterocycles. The lowest BCUT2D eigenvalue weighted by Crippen LogP contribution is -1.87. The van der Waals surface area contributed by atoms with Gasteiger partial charge in [0.15, 0.2) is 0 Å². The summed E-state index contributed by atoms with van der Waals surface area (Å²) in [6.45, 7) is 4.20. The highest BCUT2D eigenvalue weighted by Gasteiger charge is 1.95. The molecule has 0 N–H and O–H groups in total. The quantitative estimate of drug-likeness (QED) is 0.651. The smallest absolute Gasteiger partial charge is 0.0625 e. The van der Waals surface area contributed by atoms with Crippen molar-refractivity contribution in [3.63, 3.8) is 0 Å². The maximum Gasteiger partial charge on any atom is 0.0625 e. The van der Waals surface area contributed by atoms with Crippen molar-refractivity contribution in [2.75, 3.05) is 0 Å². The number of benzene rings is 1. The molecule has 1 aromatic carbocycles. The van der Waals surface area contributed by atoms with Crippen LogP contribution >= 0.6 is 0 Å². The molecular formula is C11H13N. The molecule has 0 bridgehead atoms. The molecule has 0 amide bonds. The minimum atomic E-state index is 0.614. The Labute approximate surface area is 73.6 Å². The summed E-state index contributed by atoms with van der Waals surface area (Å²) in [6, 6.07) is 8.52. The highest BCUT2D eigenvalue weighted by molar-refractivity contribution is 5.30. The summed E-state index contributed by atoms with van der Waals surface area (Å²) in [4.78, 5) is 0. The summed E-state index contributed by atoms with van der Waals surface area (Å²) in [5, 5.41) is 8.40. The van der Waals surface area contributed by atoms with E-state index in [0.29, 0.717) is 6.42 Å². The molecule has 0 saturated carbocycles. The number of hydrogen-bond donors (Lipinski definition) is 0. The zero-order valence-corrected chi connectivity index (χ0v) is 7.59. The largest absolute Gasteiger partial charge is 0.198 e. The molecule has 12 heavy (non-hydrogen) atoms. The summed E-state index contributed by atoms with van der Waals surface area (Å²) in [5.41, 5.74) is 3.89. The molecule has 1 rings (SSSR count). The minimum Gasteiger partial charge on any atom is -0.198 e. The van der Waals surface area contributed by atoms with Gasteiger partial charge in [-0.2, -0.15) is 5.26 Å². The normalized spacial score (nSPS) is 9.42. The van der Waals surface area contributed by atoms with Crippen molar-refractivity contribution in [2.24, 2.45) is 0 Å². The van der Waals surface area contributed by atoms with Crippen LogP contribution < -0.4 is 0 Å². The lowest BCUT2D eigenvalue weighted by Gasteiger charge is -2.02. The second-order valence-electron chi connectivity index (χ2n) is 3.08. The van der Waals surface area contributed by atoms with E-state index in [2.05, 4.69) is 38.1 Å². The standard InChI is InChI=1S/C11H13N/c1-9-5-6-11(4-3-7-12)8-10(9)2/h5-6,8H,3-4H2,1-2H3. The van der Waals surface area contributed by atoms with Crippen molar-refractivity contribution in [3.05, 3.63) is 34.9 Å². The first kappa shape index (κ1) is 8.80. The Hall–Kier alpha value is -1.29. The summed E-state index contributed by atoms with van der Waals surface area (Å²) in [5.74, 6) is 0. The molecule has 62 valence electrons. The third-order valence-corrected chi connectivity index (χ3v) is 2.10. The van der Waals surface area contributed by atoms with E-state index >= 15 is 0 Å². The predicted octanol–water partition coefficient (Wildman–Crippen LogP) is 2.76. The van der Waals surface area contributed by atoms with Crippen LogP contribution in [-0.4, -0.2) is 0 Å². The molecule has 0 spiro atoms. The fourth-order valence-corrected chi connectivity index (χ4v) is 1.16. The molecule has 0 aliphatic heterocycles.